The average Bonchev–Trinajstić information content (AvgIpc) is 2.19. The highest BCUT2D eigenvalue weighted by Crippen LogP contribution is 2.23. The fraction of sp³-hybridized carbons (Fsp3) is 0.222. The van der Waals surface area contributed by atoms with Crippen LogP contribution in [0.4, 0.5) is 0 Å². The van der Waals surface area contributed by atoms with Crippen LogP contribution in [-0.4, -0.2) is 12.4 Å². The Kier molecular flexibility index (Phi) is 4.38. The fourth-order valence-corrected chi connectivity index (χ4v) is 1.45. The van der Waals surface area contributed by atoms with E-state index < -0.39 is 0 Å². The lowest BCUT2D eigenvalue weighted by atomic mass is 10.2. The van der Waals surface area contributed by atoms with Crippen molar-refractivity contribution in [2.45, 2.75) is 6.92 Å². The number of hydrogen-bond donors (Lipinski definition) is 2. The Labute approximate surface area is 96.5 Å². The summed E-state index contributed by atoms with van der Waals surface area (Å²) in [4.78, 5) is 4.19. The van der Waals surface area contributed by atoms with Crippen LogP contribution >= 0.6 is 27.5 Å². The molecule has 3 nitrogen and oxygen atoms in total. The highest BCUT2D eigenvalue weighted by molar-refractivity contribution is 9.10. The second-order valence-corrected chi connectivity index (χ2v) is 3.86. The molecule has 0 saturated carbocycles. The molecule has 1 rings (SSSR count). The fourth-order valence-electron chi connectivity index (χ4n) is 1.02. The predicted octanol–water partition coefficient (Wildman–Crippen LogP) is 2.33. The molecule has 0 bridgehead atoms. The zero-order valence-electron chi connectivity index (χ0n) is 7.72. The molecular formula is C9H11BrClN3. The van der Waals surface area contributed by atoms with Gasteiger partial charge in [0.05, 0.1) is 5.02 Å². The summed E-state index contributed by atoms with van der Waals surface area (Å²) in [5, 5.41) is 0.640. The molecule has 0 unspecified atom stereocenters. The van der Waals surface area contributed by atoms with Crippen molar-refractivity contribution in [3.05, 3.63) is 33.3 Å². The smallest absolute Gasteiger partial charge is 0.142 e. The maximum Gasteiger partial charge on any atom is 0.142 e. The Morgan fingerprint density at radius 1 is 1.64 bits per heavy atom. The lowest BCUT2D eigenvalue weighted by Crippen LogP contribution is -2.31. The Morgan fingerprint density at radius 2 is 2.36 bits per heavy atom. The molecule has 1 aromatic rings. The predicted molar refractivity (Wildman–Crippen MR) is 63.6 cm³/mol. The van der Waals surface area contributed by atoms with Gasteiger partial charge in [0.15, 0.2) is 0 Å². The number of rotatable bonds is 2. The molecule has 1 aromatic carbocycles. The van der Waals surface area contributed by atoms with Crippen molar-refractivity contribution >= 4 is 33.4 Å². The van der Waals surface area contributed by atoms with E-state index in [1.54, 1.807) is 6.07 Å². The maximum absolute atomic E-state index is 5.94. The van der Waals surface area contributed by atoms with Gasteiger partial charge in [-0.15, -0.1) is 0 Å². The van der Waals surface area contributed by atoms with Crippen LogP contribution in [0.5, 0.6) is 0 Å². The molecule has 0 fully saturated rings. The molecule has 0 aliphatic heterocycles. The zero-order valence-corrected chi connectivity index (χ0v) is 10.1. The number of amidine groups is 1. The lowest BCUT2D eigenvalue weighted by Gasteiger charge is -2.06. The number of hydrazine groups is 1. The Hall–Kier alpha value is -0.580. The molecule has 0 heterocycles. The molecule has 0 atom stereocenters. The first kappa shape index (κ1) is 11.5. The first-order valence-electron chi connectivity index (χ1n) is 4.15. The molecule has 0 radical (unpaired) electrons. The van der Waals surface area contributed by atoms with Crippen molar-refractivity contribution in [2.75, 3.05) is 6.54 Å². The van der Waals surface area contributed by atoms with Gasteiger partial charge in [0, 0.05) is 16.6 Å². The van der Waals surface area contributed by atoms with Gasteiger partial charge in [0.2, 0.25) is 0 Å². The summed E-state index contributed by atoms with van der Waals surface area (Å²) < 4.78 is 0.857. The molecule has 0 aromatic heterocycles. The Morgan fingerprint density at radius 3 is 2.86 bits per heavy atom. The SMILES string of the molecule is CCN=C(NN)c1ccc(Br)c(Cl)c1. The van der Waals surface area contributed by atoms with E-state index in [0.717, 1.165) is 10.0 Å². The van der Waals surface area contributed by atoms with E-state index in [0.29, 0.717) is 17.4 Å². The highest BCUT2D eigenvalue weighted by atomic mass is 79.9. The number of aliphatic imine (C=N–C) groups is 1. The third kappa shape index (κ3) is 2.70. The van der Waals surface area contributed by atoms with Gasteiger partial charge in [0.1, 0.15) is 5.84 Å². The van der Waals surface area contributed by atoms with Crippen LogP contribution in [0.25, 0.3) is 0 Å². The first-order valence-corrected chi connectivity index (χ1v) is 5.32. The minimum Gasteiger partial charge on any atom is -0.308 e. The molecule has 14 heavy (non-hydrogen) atoms. The third-order valence-electron chi connectivity index (χ3n) is 1.65. The van der Waals surface area contributed by atoms with E-state index in [2.05, 4.69) is 26.3 Å². The first-order chi connectivity index (χ1) is 6.69. The second-order valence-electron chi connectivity index (χ2n) is 2.60. The van der Waals surface area contributed by atoms with Gasteiger partial charge in [-0.2, -0.15) is 0 Å². The molecule has 0 amide bonds. The summed E-state index contributed by atoms with van der Waals surface area (Å²) in [6.45, 7) is 2.62. The van der Waals surface area contributed by atoms with Crippen molar-refractivity contribution in [3.63, 3.8) is 0 Å². The molecule has 0 saturated heterocycles. The highest BCUT2D eigenvalue weighted by Gasteiger charge is 2.03. The number of nitrogens with two attached hydrogens (primary N) is 1. The Balaban J connectivity index is 3.06. The average molecular weight is 277 g/mol. The van der Waals surface area contributed by atoms with E-state index in [9.17, 15) is 0 Å². The normalized spacial score (nSPS) is 11.6. The van der Waals surface area contributed by atoms with E-state index in [1.807, 2.05) is 19.1 Å². The lowest BCUT2D eigenvalue weighted by molar-refractivity contribution is 0.991. The van der Waals surface area contributed by atoms with Crippen molar-refractivity contribution < 1.29 is 0 Å². The number of halogens is 2. The van der Waals surface area contributed by atoms with Crippen molar-refractivity contribution in [1.29, 1.82) is 0 Å². The summed E-state index contributed by atoms with van der Waals surface area (Å²) in [5.41, 5.74) is 3.42. The third-order valence-corrected chi connectivity index (χ3v) is 2.88. The Bertz CT molecular complexity index is 352. The van der Waals surface area contributed by atoms with Gasteiger partial charge in [-0.3, -0.25) is 4.99 Å². The van der Waals surface area contributed by atoms with Gasteiger partial charge in [-0.05, 0) is 35.0 Å². The van der Waals surface area contributed by atoms with Gasteiger partial charge in [-0.1, -0.05) is 17.7 Å². The molecule has 0 aliphatic carbocycles. The minimum absolute atomic E-state index is 0.640. The minimum atomic E-state index is 0.640. The van der Waals surface area contributed by atoms with Crippen LogP contribution in [0.2, 0.25) is 5.02 Å². The molecular weight excluding hydrogens is 265 g/mol. The molecule has 3 N–H and O–H groups in total. The monoisotopic (exact) mass is 275 g/mol. The van der Waals surface area contributed by atoms with Crippen LogP contribution in [-0.2, 0) is 0 Å². The second kappa shape index (κ2) is 5.34. The van der Waals surface area contributed by atoms with E-state index in [1.165, 1.54) is 0 Å². The largest absolute Gasteiger partial charge is 0.308 e. The molecule has 0 aliphatic rings. The van der Waals surface area contributed by atoms with Gasteiger partial charge in [0.25, 0.3) is 0 Å². The van der Waals surface area contributed by atoms with Crippen LogP contribution in [0.1, 0.15) is 12.5 Å². The summed E-state index contributed by atoms with van der Waals surface area (Å²) in [6, 6.07) is 5.56. The quantitative estimate of drug-likeness (QED) is 0.377. The van der Waals surface area contributed by atoms with E-state index in [4.69, 9.17) is 17.4 Å². The van der Waals surface area contributed by atoms with Crippen molar-refractivity contribution in [1.82, 2.24) is 5.43 Å². The number of nitrogens with zero attached hydrogens (tertiary/aromatic N) is 1. The molecule has 76 valence electrons. The van der Waals surface area contributed by atoms with Crippen LogP contribution in [0.15, 0.2) is 27.7 Å². The van der Waals surface area contributed by atoms with Crippen LogP contribution in [0.3, 0.4) is 0 Å². The van der Waals surface area contributed by atoms with E-state index >= 15 is 0 Å². The molecule has 5 heteroatoms. The van der Waals surface area contributed by atoms with Crippen LogP contribution in [0, 0.1) is 0 Å². The molecule has 0 spiro atoms. The summed E-state index contributed by atoms with van der Waals surface area (Å²) >= 11 is 9.26. The number of benzene rings is 1. The van der Waals surface area contributed by atoms with Crippen molar-refractivity contribution in [2.24, 2.45) is 10.8 Å². The standard InChI is InChI=1S/C9H11BrClN3/c1-2-13-9(14-12)6-3-4-7(10)8(11)5-6/h3-5H,2,12H2,1H3,(H,13,14). The van der Waals surface area contributed by atoms with Crippen LogP contribution < -0.4 is 11.3 Å². The summed E-state index contributed by atoms with van der Waals surface area (Å²) in [7, 11) is 0. The van der Waals surface area contributed by atoms with Crippen molar-refractivity contribution in [3.8, 4) is 0 Å². The summed E-state index contributed by atoms with van der Waals surface area (Å²) in [5.74, 6) is 5.98. The topological polar surface area (TPSA) is 50.4 Å². The van der Waals surface area contributed by atoms with Gasteiger partial charge >= 0.3 is 0 Å². The number of nitrogens with one attached hydrogen (secondary N) is 1. The summed E-state index contributed by atoms with van der Waals surface area (Å²) in [6.07, 6.45) is 0. The van der Waals surface area contributed by atoms with Gasteiger partial charge < -0.3 is 5.43 Å². The maximum atomic E-state index is 5.94. The number of hydrogen-bond acceptors (Lipinski definition) is 2. The van der Waals surface area contributed by atoms with E-state index in [-0.39, 0.29) is 0 Å². The van der Waals surface area contributed by atoms with Gasteiger partial charge in [-0.25, -0.2) is 5.84 Å². The zero-order chi connectivity index (χ0) is 10.6.